The monoisotopic (exact) mass is 297 g/mol. The van der Waals surface area contributed by atoms with Crippen LogP contribution in [0.5, 0.6) is 0 Å². The molecule has 0 saturated carbocycles. The quantitative estimate of drug-likeness (QED) is 0.550. The van der Waals surface area contributed by atoms with Crippen molar-refractivity contribution in [3.05, 3.63) is 23.9 Å². The first-order valence-electron chi connectivity index (χ1n) is 5.65. The lowest BCUT2D eigenvalue weighted by atomic mass is 10.1. The third-order valence-corrected chi connectivity index (χ3v) is 3.72. The Hall–Kier alpha value is -0.420. The molecule has 0 saturated heterocycles. The number of rotatable bonds is 6. The molecule has 0 N–H and O–H groups in total. The standard InChI is InChI=1S/C12H15ClF3NS/c1-9(4-6-13)5-7-18-11-3-2-10(8-17-11)12(14,15)16/h2-3,8-9H,4-7H2,1H3. The van der Waals surface area contributed by atoms with Gasteiger partial charge in [-0.3, -0.25) is 0 Å². The van der Waals surface area contributed by atoms with Crippen molar-refractivity contribution in [2.75, 3.05) is 11.6 Å². The van der Waals surface area contributed by atoms with Crippen LogP contribution in [0.3, 0.4) is 0 Å². The van der Waals surface area contributed by atoms with Crippen molar-refractivity contribution in [1.82, 2.24) is 4.98 Å². The molecule has 0 aromatic carbocycles. The highest BCUT2D eigenvalue weighted by Gasteiger charge is 2.30. The van der Waals surface area contributed by atoms with Crippen molar-refractivity contribution in [2.45, 2.75) is 31.0 Å². The molecule has 1 nitrogen and oxygen atoms in total. The smallest absolute Gasteiger partial charge is 0.249 e. The molecule has 0 aliphatic rings. The van der Waals surface area contributed by atoms with Gasteiger partial charge in [-0.1, -0.05) is 6.92 Å². The molecule has 0 fully saturated rings. The van der Waals surface area contributed by atoms with Gasteiger partial charge in [-0.15, -0.1) is 23.4 Å². The highest BCUT2D eigenvalue weighted by atomic mass is 35.5. The fourth-order valence-corrected chi connectivity index (χ4v) is 2.72. The molecule has 1 aromatic heterocycles. The molecule has 1 heterocycles. The topological polar surface area (TPSA) is 12.9 Å². The molecule has 1 unspecified atom stereocenters. The summed E-state index contributed by atoms with van der Waals surface area (Å²) in [6, 6.07) is 2.48. The lowest BCUT2D eigenvalue weighted by Gasteiger charge is -2.09. The third kappa shape index (κ3) is 5.48. The Labute approximate surface area is 114 Å². The van der Waals surface area contributed by atoms with Gasteiger partial charge in [0, 0.05) is 12.1 Å². The molecule has 102 valence electrons. The van der Waals surface area contributed by atoms with Gasteiger partial charge in [-0.05, 0) is 36.6 Å². The van der Waals surface area contributed by atoms with Crippen LogP contribution in [0, 0.1) is 5.92 Å². The first kappa shape index (κ1) is 15.6. The summed E-state index contributed by atoms with van der Waals surface area (Å²) in [5.41, 5.74) is -0.706. The number of hydrogen-bond donors (Lipinski definition) is 0. The lowest BCUT2D eigenvalue weighted by Crippen LogP contribution is -2.05. The predicted octanol–water partition coefficient (Wildman–Crippen LogP) is 4.85. The molecule has 1 rings (SSSR count). The first-order valence-corrected chi connectivity index (χ1v) is 7.17. The summed E-state index contributed by atoms with van der Waals surface area (Å²) in [6.45, 7) is 2.11. The van der Waals surface area contributed by atoms with Crippen molar-refractivity contribution < 1.29 is 13.2 Å². The normalized spacial score (nSPS) is 13.6. The van der Waals surface area contributed by atoms with Crippen LogP contribution in [0.15, 0.2) is 23.4 Å². The van der Waals surface area contributed by atoms with Crippen molar-refractivity contribution >= 4 is 23.4 Å². The summed E-state index contributed by atoms with van der Waals surface area (Å²) in [6.07, 6.45) is -1.49. The van der Waals surface area contributed by atoms with E-state index < -0.39 is 11.7 Å². The minimum atomic E-state index is -4.31. The van der Waals surface area contributed by atoms with Crippen molar-refractivity contribution in [3.8, 4) is 0 Å². The fourth-order valence-electron chi connectivity index (χ4n) is 1.33. The Morgan fingerprint density at radius 2 is 2.06 bits per heavy atom. The molecule has 1 aromatic rings. The number of thioether (sulfide) groups is 1. The average molecular weight is 298 g/mol. The number of hydrogen-bond acceptors (Lipinski definition) is 2. The summed E-state index contributed by atoms with van der Waals surface area (Å²) in [5.74, 6) is 2.02. The van der Waals surface area contributed by atoms with Gasteiger partial charge in [0.15, 0.2) is 0 Å². The molecule has 0 aliphatic heterocycles. The molecule has 0 aliphatic carbocycles. The van der Waals surface area contributed by atoms with Gasteiger partial charge in [0.1, 0.15) is 0 Å². The Balaban J connectivity index is 2.40. The zero-order valence-corrected chi connectivity index (χ0v) is 11.6. The average Bonchev–Trinajstić information content (AvgIpc) is 2.29. The zero-order valence-electron chi connectivity index (χ0n) is 10.0. The molecular formula is C12H15ClF3NS. The third-order valence-electron chi connectivity index (χ3n) is 2.53. The van der Waals surface area contributed by atoms with Crippen LogP contribution in [0.4, 0.5) is 13.2 Å². The van der Waals surface area contributed by atoms with Gasteiger partial charge in [0.2, 0.25) is 0 Å². The zero-order chi connectivity index (χ0) is 13.6. The van der Waals surface area contributed by atoms with Crippen LogP contribution >= 0.6 is 23.4 Å². The van der Waals surface area contributed by atoms with Gasteiger partial charge in [0.05, 0.1) is 10.6 Å². The molecule has 0 radical (unpaired) electrons. The maximum atomic E-state index is 12.3. The number of nitrogens with zero attached hydrogens (tertiary/aromatic N) is 1. The molecule has 1 atom stereocenters. The Morgan fingerprint density at radius 3 is 2.56 bits per heavy atom. The number of alkyl halides is 4. The fraction of sp³-hybridized carbons (Fsp3) is 0.583. The highest BCUT2D eigenvalue weighted by Crippen LogP contribution is 2.29. The van der Waals surface area contributed by atoms with Crippen LogP contribution in [0.1, 0.15) is 25.3 Å². The molecule has 0 amide bonds. The van der Waals surface area contributed by atoms with Crippen LogP contribution < -0.4 is 0 Å². The summed E-state index contributed by atoms with van der Waals surface area (Å²) >= 11 is 7.10. The molecule has 0 bridgehead atoms. The van der Waals surface area contributed by atoms with Crippen molar-refractivity contribution in [1.29, 1.82) is 0 Å². The Bertz CT molecular complexity index is 353. The van der Waals surface area contributed by atoms with E-state index in [-0.39, 0.29) is 0 Å². The molecule has 6 heteroatoms. The number of halogens is 4. The SMILES string of the molecule is CC(CCCl)CCSc1ccc(C(F)(F)F)cn1. The van der Waals surface area contributed by atoms with E-state index in [9.17, 15) is 13.2 Å². The van der Waals surface area contributed by atoms with E-state index in [1.165, 1.54) is 17.8 Å². The van der Waals surface area contributed by atoms with Crippen molar-refractivity contribution in [3.63, 3.8) is 0 Å². The van der Waals surface area contributed by atoms with Gasteiger partial charge in [-0.2, -0.15) is 13.2 Å². The second-order valence-electron chi connectivity index (χ2n) is 4.10. The summed E-state index contributed by atoms with van der Waals surface area (Å²) in [4.78, 5) is 3.80. The van der Waals surface area contributed by atoms with Crippen LogP contribution in [0.2, 0.25) is 0 Å². The van der Waals surface area contributed by atoms with E-state index >= 15 is 0 Å². The van der Waals surface area contributed by atoms with E-state index in [1.807, 2.05) is 0 Å². The summed E-state index contributed by atoms with van der Waals surface area (Å²) in [7, 11) is 0. The van der Waals surface area contributed by atoms with E-state index in [0.717, 1.165) is 30.9 Å². The second kappa shape index (κ2) is 7.24. The van der Waals surface area contributed by atoms with E-state index in [0.29, 0.717) is 16.8 Å². The second-order valence-corrected chi connectivity index (χ2v) is 5.60. The van der Waals surface area contributed by atoms with Gasteiger partial charge >= 0.3 is 6.18 Å². The molecule has 0 spiro atoms. The Kier molecular flexibility index (Phi) is 6.29. The van der Waals surface area contributed by atoms with E-state index in [4.69, 9.17) is 11.6 Å². The largest absolute Gasteiger partial charge is 0.417 e. The predicted molar refractivity (Wildman–Crippen MR) is 69.1 cm³/mol. The van der Waals surface area contributed by atoms with E-state index in [2.05, 4.69) is 11.9 Å². The van der Waals surface area contributed by atoms with Gasteiger partial charge in [0.25, 0.3) is 0 Å². The van der Waals surface area contributed by atoms with Crippen LogP contribution in [-0.4, -0.2) is 16.6 Å². The molecular weight excluding hydrogens is 283 g/mol. The van der Waals surface area contributed by atoms with E-state index in [1.54, 1.807) is 0 Å². The maximum Gasteiger partial charge on any atom is 0.417 e. The van der Waals surface area contributed by atoms with Crippen LogP contribution in [-0.2, 0) is 6.18 Å². The van der Waals surface area contributed by atoms with Gasteiger partial charge < -0.3 is 0 Å². The number of pyridine rings is 1. The lowest BCUT2D eigenvalue weighted by molar-refractivity contribution is -0.137. The van der Waals surface area contributed by atoms with Crippen LogP contribution in [0.25, 0.3) is 0 Å². The minimum absolute atomic E-state index is 0.532. The summed E-state index contributed by atoms with van der Waals surface area (Å²) in [5, 5.41) is 0.626. The molecule has 18 heavy (non-hydrogen) atoms. The summed E-state index contributed by atoms with van der Waals surface area (Å²) < 4.78 is 36.9. The first-order chi connectivity index (χ1) is 8.43. The maximum absolute atomic E-state index is 12.3. The minimum Gasteiger partial charge on any atom is -0.249 e. The Morgan fingerprint density at radius 1 is 1.33 bits per heavy atom. The number of aromatic nitrogens is 1. The van der Waals surface area contributed by atoms with Gasteiger partial charge in [-0.25, -0.2) is 4.98 Å². The van der Waals surface area contributed by atoms with Crippen molar-refractivity contribution in [2.24, 2.45) is 5.92 Å². The highest BCUT2D eigenvalue weighted by molar-refractivity contribution is 7.99.